The Morgan fingerprint density at radius 1 is 1.38 bits per heavy atom. The van der Waals surface area contributed by atoms with Crippen molar-refractivity contribution in [3.05, 3.63) is 0 Å². The topological polar surface area (TPSA) is 9.23 Å². The third-order valence-electron chi connectivity index (χ3n) is 3.15. The lowest BCUT2D eigenvalue weighted by Gasteiger charge is -2.37. The predicted molar refractivity (Wildman–Crippen MR) is 56.9 cm³/mol. The lowest BCUT2D eigenvalue weighted by Crippen LogP contribution is -2.36. The molecule has 0 bridgehead atoms. The van der Waals surface area contributed by atoms with Crippen molar-refractivity contribution in [1.82, 2.24) is 0 Å². The molecule has 1 aliphatic rings. The van der Waals surface area contributed by atoms with Crippen molar-refractivity contribution in [2.45, 2.75) is 64.9 Å². The summed E-state index contributed by atoms with van der Waals surface area (Å²) in [6.07, 6.45) is 7.77. The first-order valence-electron chi connectivity index (χ1n) is 5.80. The van der Waals surface area contributed by atoms with Crippen LogP contribution in [0.3, 0.4) is 0 Å². The minimum absolute atomic E-state index is 0.201. The van der Waals surface area contributed by atoms with Crippen molar-refractivity contribution in [2.24, 2.45) is 5.92 Å². The van der Waals surface area contributed by atoms with Gasteiger partial charge in [0.2, 0.25) is 0 Å². The molecule has 0 saturated carbocycles. The standard InChI is InChI=1S/C12H24O/c1-4-5-6-8-12(3)10-11(2)7-9-13-12/h11H,4-10H2,1-3H3. The van der Waals surface area contributed by atoms with Gasteiger partial charge in [0.1, 0.15) is 0 Å². The van der Waals surface area contributed by atoms with Gasteiger partial charge in [0.25, 0.3) is 0 Å². The number of ether oxygens (including phenoxy) is 1. The molecule has 0 N–H and O–H groups in total. The Bertz CT molecular complexity index is 144. The Morgan fingerprint density at radius 3 is 2.77 bits per heavy atom. The van der Waals surface area contributed by atoms with Crippen LogP contribution in [0.25, 0.3) is 0 Å². The first kappa shape index (κ1) is 11.0. The van der Waals surface area contributed by atoms with Gasteiger partial charge in [-0.3, -0.25) is 0 Å². The van der Waals surface area contributed by atoms with E-state index in [0.717, 1.165) is 12.5 Å². The SMILES string of the molecule is CCCCCC1(C)CC(C)CCO1. The summed E-state index contributed by atoms with van der Waals surface area (Å²) in [5.74, 6) is 0.861. The molecule has 0 radical (unpaired) electrons. The molecule has 1 rings (SSSR count). The third kappa shape index (κ3) is 3.68. The van der Waals surface area contributed by atoms with E-state index in [4.69, 9.17) is 4.74 Å². The quantitative estimate of drug-likeness (QED) is 0.604. The maximum atomic E-state index is 5.88. The average Bonchev–Trinajstić information content (AvgIpc) is 2.04. The number of rotatable bonds is 4. The van der Waals surface area contributed by atoms with Crippen molar-refractivity contribution >= 4 is 0 Å². The van der Waals surface area contributed by atoms with Gasteiger partial charge in [-0.1, -0.05) is 33.1 Å². The molecule has 13 heavy (non-hydrogen) atoms. The molecule has 2 unspecified atom stereocenters. The van der Waals surface area contributed by atoms with Crippen LogP contribution in [0.1, 0.15) is 59.3 Å². The largest absolute Gasteiger partial charge is 0.375 e. The maximum Gasteiger partial charge on any atom is 0.0657 e. The molecule has 1 heteroatoms. The van der Waals surface area contributed by atoms with Crippen molar-refractivity contribution in [3.63, 3.8) is 0 Å². The zero-order valence-electron chi connectivity index (χ0n) is 9.44. The van der Waals surface area contributed by atoms with Crippen molar-refractivity contribution in [1.29, 1.82) is 0 Å². The van der Waals surface area contributed by atoms with Crippen LogP contribution < -0.4 is 0 Å². The Labute approximate surface area is 82.9 Å². The Morgan fingerprint density at radius 2 is 2.15 bits per heavy atom. The fourth-order valence-electron chi connectivity index (χ4n) is 2.33. The van der Waals surface area contributed by atoms with Crippen LogP contribution in [0.5, 0.6) is 0 Å². The fourth-order valence-corrected chi connectivity index (χ4v) is 2.33. The second-order valence-corrected chi connectivity index (χ2v) is 4.85. The third-order valence-corrected chi connectivity index (χ3v) is 3.15. The Hall–Kier alpha value is -0.0400. The molecule has 78 valence electrons. The van der Waals surface area contributed by atoms with E-state index in [1.54, 1.807) is 0 Å². The van der Waals surface area contributed by atoms with Gasteiger partial charge < -0.3 is 4.74 Å². The Balaban J connectivity index is 2.27. The van der Waals surface area contributed by atoms with Crippen molar-refractivity contribution < 1.29 is 4.74 Å². The molecule has 0 aromatic heterocycles. The first-order chi connectivity index (χ1) is 6.16. The van der Waals surface area contributed by atoms with Crippen molar-refractivity contribution in [2.75, 3.05) is 6.61 Å². The summed E-state index contributed by atoms with van der Waals surface area (Å²) in [7, 11) is 0. The van der Waals surface area contributed by atoms with E-state index in [2.05, 4.69) is 20.8 Å². The van der Waals surface area contributed by atoms with Gasteiger partial charge >= 0.3 is 0 Å². The summed E-state index contributed by atoms with van der Waals surface area (Å²) < 4.78 is 5.88. The van der Waals surface area contributed by atoms with Crippen LogP contribution in [0.15, 0.2) is 0 Å². The molecule has 1 fully saturated rings. The molecule has 0 amide bonds. The minimum Gasteiger partial charge on any atom is -0.375 e. The van der Waals surface area contributed by atoms with Gasteiger partial charge in [0.05, 0.1) is 5.60 Å². The lowest BCUT2D eigenvalue weighted by atomic mass is 9.85. The number of hydrogen-bond donors (Lipinski definition) is 0. The van der Waals surface area contributed by atoms with E-state index in [0.29, 0.717) is 0 Å². The molecule has 1 heterocycles. The highest BCUT2D eigenvalue weighted by atomic mass is 16.5. The second kappa shape index (κ2) is 4.99. The van der Waals surface area contributed by atoms with Crippen LogP contribution in [0.2, 0.25) is 0 Å². The first-order valence-corrected chi connectivity index (χ1v) is 5.80. The molecule has 1 saturated heterocycles. The lowest BCUT2D eigenvalue weighted by molar-refractivity contribution is -0.0879. The fraction of sp³-hybridized carbons (Fsp3) is 1.00. The van der Waals surface area contributed by atoms with Gasteiger partial charge in [-0.05, 0) is 32.1 Å². The van der Waals surface area contributed by atoms with Crippen LogP contribution in [-0.4, -0.2) is 12.2 Å². The van der Waals surface area contributed by atoms with E-state index >= 15 is 0 Å². The molecule has 0 spiro atoms. The summed E-state index contributed by atoms with van der Waals surface area (Å²) in [6, 6.07) is 0. The van der Waals surface area contributed by atoms with E-state index in [-0.39, 0.29) is 5.60 Å². The highest BCUT2D eigenvalue weighted by molar-refractivity contribution is 4.81. The van der Waals surface area contributed by atoms with Gasteiger partial charge in [-0.25, -0.2) is 0 Å². The minimum atomic E-state index is 0.201. The molecular formula is C12H24O. The summed E-state index contributed by atoms with van der Waals surface area (Å²) in [6.45, 7) is 7.87. The van der Waals surface area contributed by atoms with Crippen LogP contribution in [0.4, 0.5) is 0 Å². The second-order valence-electron chi connectivity index (χ2n) is 4.85. The molecule has 0 aliphatic carbocycles. The maximum absolute atomic E-state index is 5.88. The van der Waals surface area contributed by atoms with E-state index < -0.39 is 0 Å². The molecular weight excluding hydrogens is 160 g/mol. The zero-order valence-corrected chi connectivity index (χ0v) is 9.44. The molecule has 1 nitrogen and oxygen atoms in total. The molecule has 1 aliphatic heterocycles. The van der Waals surface area contributed by atoms with Gasteiger partial charge in [-0.15, -0.1) is 0 Å². The summed E-state index contributed by atoms with van der Waals surface area (Å²) in [5.41, 5.74) is 0.201. The highest BCUT2D eigenvalue weighted by Crippen LogP contribution is 2.32. The zero-order chi connectivity index (χ0) is 9.73. The van der Waals surface area contributed by atoms with E-state index in [9.17, 15) is 0 Å². The summed E-state index contributed by atoms with van der Waals surface area (Å²) in [4.78, 5) is 0. The van der Waals surface area contributed by atoms with Gasteiger partial charge in [0.15, 0.2) is 0 Å². The Kier molecular flexibility index (Phi) is 4.24. The normalized spacial score (nSPS) is 34.8. The summed E-state index contributed by atoms with van der Waals surface area (Å²) in [5, 5.41) is 0. The number of hydrogen-bond acceptors (Lipinski definition) is 1. The predicted octanol–water partition coefficient (Wildman–Crippen LogP) is 3.77. The van der Waals surface area contributed by atoms with E-state index in [1.807, 2.05) is 0 Å². The van der Waals surface area contributed by atoms with Crippen LogP contribution >= 0.6 is 0 Å². The molecule has 0 aromatic rings. The monoisotopic (exact) mass is 184 g/mol. The van der Waals surface area contributed by atoms with Gasteiger partial charge in [0, 0.05) is 6.61 Å². The van der Waals surface area contributed by atoms with Gasteiger partial charge in [-0.2, -0.15) is 0 Å². The molecule has 0 aromatic carbocycles. The number of unbranched alkanes of at least 4 members (excludes halogenated alkanes) is 2. The molecule has 2 atom stereocenters. The highest BCUT2D eigenvalue weighted by Gasteiger charge is 2.30. The van der Waals surface area contributed by atoms with Crippen LogP contribution in [-0.2, 0) is 4.74 Å². The smallest absolute Gasteiger partial charge is 0.0657 e. The van der Waals surface area contributed by atoms with E-state index in [1.165, 1.54) is 38.5 Å². The average molecular weight is 184 g/mol. The summed E-state index contributed by atoms with van der Waals surface area (Å²) >= 11 is 0. The van der Waals surface area contributed by atoms with Crippen LogP contribution in [0, 0.1) is 5.92 Å². The van der Waals surface area contributed by atoms with Crippen molar-refractivity contribution in [3.8, 4) is 0 Å².